The van der Waals surface area contributed by atoms with Gasteiger partial charge < -0.3 is 4.74 Å². The molecule has 0 N–H and O–H groups in total. The minimum atomic E-state index is -0.667. The van der Waals surface area contributed by atoms with Crippen molar-refractivity contribution in [1.29, 1.82) is 0 Å². The summed E-state index contributed by atoms with van der Waals surface area (Å²) in [7, 11) is 0. The molecule has 2 aromatic rings. The third-order valence-corrected chi connectivity index (χ3v) is 2.29. The van der Waals surface area contributed by atoms with Gasteiger partial charge in [0.05, 0.1) is 4.92 Å². The molecule has 18 heavy (non-hydrogen) atoms. The Labute approximate surface area is 102 Å². The van der Waals surface area contributed by atoms with Crippen LogP contribution in [-0.4, -0.2) is 9.91 Å². The maximum Gasteiger partial charge on any atom is 0.278 e. The molecule has 6 heteroatoms. The van der Waals surface area contributed by atoms with Crippen LogP contribution in [0.15, 0.2) is 42.6 Å². The second-order valence-electron chi connectivity index (χ2n) is 3.45. The fourth-order valence-corrected chi connectivity index (χ4v) is 1.44. The number of pyridine rings is 1. The van der Waals surface area contributed by atoms with Crippen molar-refractivity contribution in [2.75, 3.05) is 0 Å². The minimum Gasteiger partial charge on any atom is -0.472 e. The van der Waals surface area contributed by atoms with E-state index in [1.54, 1.807) is 18.2 Å². The molecule has 2 rings (SSSR count). The molecule has 0 radical (unpaired) electrons. The number of ether oxygens (including phenoxy) is 1. The Balaban J connectivity index is 2.21. The molecule has 0 aliphatic carbocycles. The van der Waals surface area contributed by atoms with Gasteiger partial charge in [-0.3, -0.25) is 10.1 Å². The molecule has 1 aromatic carbocycles. The van der Waals surface area contributed by atoms with E-state index in [1.807, 2.05) is 0 Å². The van der Waals surface area contributed by atoms with E-state index in [2.05, 4.69) is 4.98 Å². The largest absolute Gasteiger partial charge is 0.472 e. The van der Waals surface area contributed by atoms with Crippen molar-refractivity contribution >= 4 is 5.69 Å². The highest BCUT2D eigenvalue weighted by Crippen LogP contribution is 2.22. The number of rotatable bonds is 4. The van der Waals surface area contributed by atoms with Crippen LogP contribution in [-0.2, 0) is 6.61 Å². The van der Waals surface area contributed by atoms with Crippen LogP contribution >= 0.6 is 0 Å². The van der Waals surface area contributed by atoms with E-state index in [9.17, 15) is 14.5 Å². The highest BCUT2D eigenvalue weighted by Gasteiger charge is 2.18. The smallest absolute Gasteiger partial charge is 0.278 e. The molecular weight excluding hydrogens is 239 g/mol. The molecule has 0 bridgehead atoms. The van der Waals surface area contributed by atoms with Gasteiger partial charge in [-0.1, -0.05) is 12.1 Å². The number of nitrogens with zero attached hydrogens (tertiary/aromatic N) is 2. The summed E-state index contributed by atoms with van der Waals surface area (Å²) in [6, 6.07) is 8.69. The van der Waals surface area contributed by atoms with Crippen molar-refractivity contribution in [3.05, 3.63) is 64.1 Å². The Morgan fingerprint density at radius 1 is 1.28 bits per heavy atom. The van der Waals surface area contributed by atoms with Gasteiger partial charge in [-0.25, -0.2) is 9.37 Å². The van der Waals surface area contributed by atoms with Crippen LogP contribution in [0, 0.1) is 15.9 Å². The lowest BCUT2D eigenvalue weighted by atomic mass is 10.2. The van der Waals surface area contributed by atoms with Gasteiger partial charge >= 0.3 is 0 Å². The standard InChI is InChI=1S/C12H9FN2O3/c13-10-4-3-5-11(15(16)17)9(10)8-18-12-6-1-2-7-14-12/h1-7H,8H2. The van der Waals surface area contributed by atoms with E-state index < -0.39 is 10.7 Å². The second-order valence-corrected chi connectivity index (χ2v) is 3.45. The van der Waals surface area contributed by atoms with Crippen LogP contribution in [0.3, 0.4) is 0 Å². The minimum absolute atomic E-state index is 0.0897. The van der Waals surface area contributed by atoms with Gasteiger partial charge in [0.15, 0.2) is 0 Å². The van der Waals surface area contributed by atoms with E-state index in [0.717, 1.165) is 6.07 Å². The number of halogens is 1. The number of nitro benzene ring substituents is 1. The molecule has 0 aliphatic rings. The number of nitro groups is 1. The molecular formula is C12H9FN2O3. The lowest BCUT2D eigenvalue weighted by molar-refractivity contribution is -0.386. The van der Waals surface area contributed by atoms with E-state index in [-0.39, 0.29) is 23.7 Å². The van der Waals surface area contributed by atoms with Crippen molar-refractivity contribution in [3.8, 4) is 5.88 Å². The van der Waals surface area contributed by atoms with Crippen LogP contribution in [0.4, 0.5) is 10.1 Å². The zero-order chi connectivity index (χ0) is 13.0. The first-order valence-electron chi connectivity index (χ1n) is 5.14. The van der Waals surface area contributed by atoms with Crippen LogP contribution in [0.5, 0.6) is 5.88 Å². The molecule has 0 unspecified atom stereocenters. The van der Waals surface area contributed by atoms with E-state index in [1.165, 1.54) is 18.3 Å². The van der Waals surface area contributed by atoms with Gasteiger partial charge in [-0.15, -0.1) is 0 Å². The lowest BCUT2D eigenvalue weighted by Crippen LogP contribution is -2.04. The molecule has 1 aromatic heterocycles. The monoisotopic (exact) mass is 248 g/mol. The molecule has 5 nitrogen and oxygen atoms in total. The maximum atomic E-state index is 13.5. The molecule has 92 valence electrons. The Bertz CT molecular complexity index is 561. The zero-order valence-corrected chi connectivity index (χ0v) is 9.25. The fourth-order valence-electron chi connectivity index (χ4n) is 1.44. The van der Waals surface area contributed by atoms with Gasteiger partial charge in [0, 0.05) is 18.3 Å². The van der Waals surface area contributed by atoms with Crippen LogP contribution in [0.1, 0.15) is 5.56 Å². The summed E-state index contributed by atoms with van der Waals surface area (Å²) in [6.07, 6.45) is 1.52. The summed E-state index contributed by atoms with van der Waals surface area (Å²) in [6.45, 7) is -0.236. The summed E-state index contributed by atoms with van der Waals surface area (Å²) in [5, 5.41) is 10.8. The molecule has 0 fully saturated rings. The Morgan fingerprint density at radius 2 is 2.11 bits per heavy atom. The number of benzene rings is 1. The zero-order valence-electron chi connectivity index (χ0n) is 9.25. The Kier molecular flexibility index (Phi) is 3.47. The number of aromatic nitrogens is 1. The van der Waals surface area contributed by atoms with Crippen molar-refractivity contribution in [3.63, 3.8) is 0 Å². The first-order chi connectivity index (χ1) is 8.68. The molecule has 0 spiro atoms. The lowest BCUT2D eigenvalue weighted by Gasteiger charge is -2.06. The van der Waals surface area contributed by atoms with Crippen LogP contribution in [0.25, 0.3) is 0 Å². The number of hydrogen-bond acceptors (Lipinski definition) is 4. The average Bonchev–Trinajstić information content (AvgIpc) is 2.38. The fraction of sp³-hybridized carbons (Fsp3) is 0.0833. The van der Waals surface area contributed by atoms with E-state index in [0.29, 0.717) is 0 Å². The predicted octanol–water partition coefficient (Wildman–Crippen LogP) is 2.71. The summed E-state index contributed by atoms with van der Waals surface area (Å²) < 4.78 is 18.7. The molecule has 0 aliphatic heterocycles. The third-order valence-electron chi connectivity index (χ3n) is 2.29. The number of hydrogen-bond donors (Lipinski definition) is 0. The summed E-state index contributed by atoms with van der Waals surface area (Å²) in [5.41, 5.74) is -0.390. The Morgan fingerprint density at radius 3 is 2.78 bits per heavy atom. The van der Waals surface area contributed by atoms with Crippen molar-refractivity contribution < 1.29 is 14.1 Å². The first kappa shape index (κ1) is 12.0. The third kappa shape index (κ3) is 2.60. The predicted molar refractivity (Wildman–Crippen MR) is 61.6 cm³/mol. The first-order valence-corrected chi connectivity index (χ1v) is 5.14. The summed E-state index contributed by atoms with van der Waals surface area (Å²) in [4.78, 5) is 14.0. The summed E-state index contributed by atoms with van der Waals surface area (Å²) >= 11 is 0. The maximum absolute atomic E-state index is 13.5. The Hall–Kier alpha value is -2.50. The summed E-state index contributed by atoms with van der Waals surface area (Å²) in [5.74, 6) is -0.379. The quantitative estimate of drug-likeness (QED) is 0.616. The highest BCUT2D eigenvalue weighted by molar-refractivity contribution is 5.40. The normalized spacial score (nSPS) is 10.1. The molecule has 0 saturated carbocycles. The van der Waals surface area contributed by atoms with E-state index in [4.69, 9.17) is 4.74 Å². The van der Waals surface area contributed by atoms with E-state index >= 15 is 0 Å². The van der Waals surface area contributed by atoms with Gasteiger partial charge in [0.25, 0.3) is 5.69 Å². The van der Waals surface area contributed by atoms with Gasteiger partial charge in [0.2, 0.25) is 5.88 Å². The van der Waals surface area contributed by atoms with Gasteiger partial charge in [0.1, 0.15) is 18.0 Å². The molecule has 0 atom stereocenters. The second kappa shape index (κ2) is 5.22. The average molecular weight is 248 g/mol. The highest BCUT2D eigenvalue weighted by atomic mass is 19.1. The van der Waals surface area contributed by atoms with Crippen LogP contribution in [0.2, 0.25) is 0 Å². The topological polar surface area (TPSA) is 65.3 Å². The molecule has 0 saturated heterocycles. The molecule has 1 heterocycles. The van der Waals surface area contributed by atoms with Crippen molar-refractivity contribution in [2.24, 2.45) is 0 Å². The van der Waals surface area contributed by atoms with Crippen molar-refractivity contribution in [2.45, 2.75) is 6.61 Å². The van der Waals surface area contributed by atoms with Gasteiger partial charge in [-0.05, 0) is 12.1 Å². The van der Waals surface area contributed by atoms with Crippen LogP contribution < -0.4 is 4.74 Å². The van der Waals surface area contributed by atoms with Gasteiger partial charge in [-0.2, -0.15) is 0 Å². The molecule has 0 amide bonds. The SMILES string of the molecule is O=[N+]([O-])c1cccc(F)c1COc1ccccn1. The van der Waals surface area contributed by atoms with Crippen molar-refractivity contribution in [1.82, 2.24) is 4.98 Å².